The van der Waals surface area contributed by atoms with Gasteiger partial charge in [-0.3, -0.25) is 0 Å². The Kier molecular flexibility index (Phi) is 4.71. The van der Waals surface area contributed by atoms with E-state index in [4.69, 9.17) is 15.3 Å². The molecule has 0 aliphatic carbocycles. The highest BCUT2D eigenvalue weighted by atomic mass is 16.5. The maximum Gasteiger partial charge on any atom is 0.338 e. The number of esters is 1. The number of nitrogens with zero attached hydrogens (tertiary/aromatic N) is 2. The fourth-order valence-corrected chi connectivity index (χ4v) is 1.50. The third-order valence-electron chi connectivity index (χ3n) is 2.46. The summed E-state index contributed by atoms with van der Waals surface area (Å²) in [6, 6.07) is 8.61. The average molecular weight is 244 g/mol. The van der Waals surface area contributed by atoms with Gasteiger partial charge in [0.2, 0.25) is 0 Å². The fraction of sp³-hybridized carbons (Fsp3) is 0.308. The molecule has 0 spiro atoms. The summed E-state index contributed by atoms with van der Waals surface area (Å²) in [6.45, 7) is 0. The highest BCUT2D eigenvalue weighted by Gasteiger charge is 2.16. The monoisotopic (exact) mass is 244 g/mol. The summed E-state index contributed by atoms with van der Waals surface area (Å²) < 4.78 is 9.69. The Balaban J connectivity index is 3.15. The molecule has 0 aliphatic rings. The lowest BCUT2D eigenvalue weighted by molar-refractivity contribution is 0.0599. The molecule has 18 heavy (non-hydrogen) atoms. The first kappa shape index (κ1) is 13.5. The maximum absolute atomic E-state index is 11.6. The van der Waals surface area contributed by atoms with Crippen molar-refractivity contribution in [3.8, 4) is 17.9 Å². The van der Waals surface area contributed by atoms with E-state index in [-0.39, 0.29) is 6.42 Å². The zero-order chi connectivity index (χ0) is 13.5. The second kappa shape index (κ2) is 6.27. The smallest absolute Gasteiger partial charge is 0.338 e. The Morgan fingerprint density at radius 3 is 2.50 bits per heavy atom. The van der Waals surface area contributed by atoms with Crippen LogP contribution < -0.4 is 4.74 Å². The van der Waals surface area contributed by atoms with Crippen LogP contribution in [0, 0.1) is 28.6 Å². The van der Waals surface area contributed by atoms with Gasteiger partial charge in [-0.2, -0.15) is 10.5 Å². The van der Waals surface area contributed by atoms with Gasteiger partial charge in [0.1, 0.15) is 11.7 Å². The van der Waals surface area contributed by atoms with Gasteiger partial charge in [-0.25, -0.2) is 4.79 Å². The molecule has 0 bridgehead atoms. The van der Waals surface area contributed by atoms with Crippen LogP contribution in [0.15, 0.2) is 18.2 Å². The standard InChI is InChI=1S/C13H12N2O3/c1-17-11-4-3-10(5-9(7-14)8-15)12(6-11)13(16)18-2/h3-4,6,9H,5H2,1-2H3. The first-order valence-electron chi connectivity index (χ1n) is 5.20. The molecule has 5 heteroatoms. The average Bonchev–Trinajstić information content (AvgIpc) is 2.43. The number of benzene rings is 1. The summed E-state index contributed by atoms with van der Waals surface area (Å²) in [5, 5.41) is 17.5. The minimum Gasteiger partial charge on any atom is -0.497 e. The van der Waals surface area contributed by atoms with E-state index in [1.165, 1.54) is 20.3 Å². The maximum atomic E-state index is 11.6. The van der Waals surface area contributed by atoms with Crippen LogP contribution in [0.5, 0.6) is 5.75 Å². The molecule has 0 amide bonds. The Morgan fingerprint density at radius 1 is 1.33 bits per heavy atom. The first-order chi connectivity index (χ1) is 8.65. The van der Waals surface area contributed by atoms with Gasteiger partial charge in [0.05, 0.1) is 31.9 Å². The molecule has 1 aromatic rings. The van der Waals surface area contributed by atoms with Gasteiger partial charge >= 0.3 is 5.97 Å². The second-order valence-corrected chi connectivity index (χ2v) is 3.53. The summed E-state index contributed by atoms with van der Waals surface area (Å²) >= 11 is 0. The van der Waals surface area contributed by atoms with Crippen LogP contribution in [-0.4, -0.2) is 20.2 Å². The molecule has 0 radical (unpaired) electrons. The molecule has 0 heterocycles. The van der Waals surface area contributed by atoms with Crippen molar-refractivity contribution in [1.82, 2.24) is 0 Å². The Morgan fingerprint density at radius 2 is 2.00 bits per heavy atom. The molecular formula is C13H12N2O3. The lowest BCUT2D eigenvalue weighted by Gasteiger charge is -2.09. The molecule has 0 atom stereocenters. The van der Waals surface area contributed by atoms with Crippen LogP contribution in [-0.2, 0) is 11.2 Å². The van der Waals surface area contributed by atoms with Gasteiger partial charge in [0, 0.05) is 6.42 Å². The van der Waals surface area contributed by atoms with Gasteiger partial charge in [-0.15, -0.1) is 0 Å². The molecule has 0 fully saturated rings. The van der Waals surface area contributed by atoms with Crippen molar-refractivity contribution in [3.05, 3.63) is 29.3 Å². The van der Waals surface area contributed by atoms with Crippen LogP contribution in [0.3, 0.4) is 0 Å². The summed E-state index contributed by atoms with van der Waals surface area (Å²) in [6.07, 6.45) is 0.182. The van der Waals surface area contributed by atoms with Crippen molar-refractivity contribution in [2.45, 2.75) is 6.42 Å². The zero-order valence-corrected chi connectivity index (χ0v) is 10.1. The SMILES string of the molecule is COC(=O)c1cc(OC)ccc1CC(C#N)C#N. The van der Waals surface area contributed by atoms with E-state index in [1.807, 2.05) is 12.1 Å². The first-order valence-corrected chi connectivity index (χ1v) is 5.20. The predicted octanol–water partition coefficient (Wildman–Crippen LogP) is 1.69. The molecule has 5 nitrogen and oxygen atoms in total. The number of rotatable bonds is 4. The fourth-order valence-electron chi connectivity index (χ4n) is 1.50. The van der Waals surface area contributed by atoms with E-state index in [0.717, 1.165) is 0 Å². The predicted molar refractivity (Wildman–Crippen MR) is 62.8 cm³/mol. The van der Waals surface area contributed by atoms with Crippen molar-refractivity contribution in [1.29, 1.82) is 10.5 Å². The Labute approximate surface area is 105 Å². The van der Waals surface area contributed by atoms with E-state index in [9.17, 15) is 4.79 Å². The van der Waals surface area contributed by atoms with E-state index in [1.54, 1.807) is 12.1 Å². The van der Waals surface area contributed by atoms with E-state index in [2.05, 4.69) is 4.74 Å². The molecule has 0 unspecified atom stereocenters. The molecule has 0 saturated carbocycles. The molecule has 0 N–H and O–H groups in total. The lowest BCUT2D eigenvalue weighted by atomic mass is 9.97. The number of ether oxygens (including phenoxy) is 2. The van der Waals surface area contributed by atoms with E-state index < -0.39 is 11.9 Å². The topological polar surface area (TPSA) is 83.1 Å². The molecular weight excluding hydrogens is 232 g/mol. The van der Waals surface area contributed by atoms with Gasteiger partial charge in [-0.1, -0.05) is 6.07 Å². The highest BCUT2D eigenvalue weighted by molar-refractivity contribution is 5.91. The Bertz CT molecular complexity index is 512. The summed E-state index contributed by atoms with van der Waals surface area (Å²) in [7, 11) is 2.76. The highest BCUT2D eigenvalue weighted by Crippen LogP contribution is 2.21. The normalized spacial score (nSPS) is 9.39. The van der Waals surface area contributed by atoms with E-state index in [0.29, 0.717) is 16.9 Å². The molecule has 0 saturated heterocycles. The summed E-state index contributed by atoms with van der Waals surface area (Å²) in [4.78, 5) is 11.6. The quantitative estimate of drug-likeness (QED) is 0.752. The number of nitriles is 2. The number of methoxy groups -OCH3 is 2. The van der Waals surface area contributed by atoms with Gasteiger partial charge < -0.3 is 9.47 Å². The third kappa shape index (κ3) is 2.99. The van der Waals surface area contributed by atoms with Gasteiger partial charge in [0.25, 0.3) is 0 Å². The molecule has 0 aromatic heterocycles. The van der Waals surface area contributed by atoms with Crippen molar-refractivity contribution in [2.24, 2.45) is 5.92 Å². The van der Waals surface area contributed by atoms with Crippen molar-refractivity contribution in [2.75, 3.05) is 14.2 Å². The minimum atomic E-state index is -0.790. The molecule has 1 rings (SSSR count). The number of hydrogen-bond acceptors (Lipinski definition) is 5. The second-order valence-electron chi connectivity index (χ2n) is 3.53. The van der Waals surface area contributed by atoms with Crippen LogP contribution in [0.1, 0.15) is 15.9 Å². The molecule has 0 aliphatic heterocycles. The van der Waals surface area contributed by atoms with E-state index >= 15 is 0 Å². The van der Waals surface area contributed by atoms with Crippen molar-refractivity contribution >= 4 is 5.97 Å². The van der Waals surface area contributed by atoms with Crippen LogP contribution in [0.2, 0.25) is 0 Å². The molecule has 1 aromatic carbocycles. The zero-order valence-electron chi connectivity index (χ0n) is 10.1. The van der Waals surface area contributed by atoms with Crippen LogP contribution in [0.25, 0.3) is 0 Å². The van der Waals surface area contributed by atoms with Crippen molar-refractivity contribution < 1.29 is 14.3 Å². The van der Waals surface area contributed by atoms with Crippen LogP contribution >= 0.6 is 0 Å². The summed E-state index contributed by atoms with van der Waals surface area (Å²) in [5.41, 5.74) is 0.906. The lowest BCUT2D eigenvalue weighted by Crippen LogP contribution is -2.09. The third-order valence-corrected chi connectivity index (χ3v) is 2.46. The Hall–Kier alpha value is -2.53. The summed E-state index contributed by atoms with van der Waals surface area (Å²) in [5.74, 6) is -0.787. The van der Waals surface area contributed by atoms with Crippen molar-refractivity contribution in [3.63, 3.8) is 0 Å². The number of carbonyl (C=O) groups is 1. The largest absolute Gasteiger partial charge is 0.497 e. The molecule has 92 valence electrons. The van der Waals surface area contributed by atoms with Crippen LogP contribution in [0.4, 0.5) is 0 Å². The van der Waals surface area contributed by atoms with Gasteiger partial charge in [-0.05, 0) is 17.7 Å². The number of carbonyl (C=O) groups excluding carboxylic acids is 1. The van der Waals surface area contributed by atoms with Gasteiger partial charge in [0.15, 0.2) is 0 Å². The minimum absolute atomic E-state index is 0.182. The number of hydrogen-bond donors (Lipinski definition) is 0.